The Morgan fingerprint density at radius 3 is 3.00 bits per heavy atom. The number of carboxylic acids is 1. The fourth-order valence-corrected chi connectivity index (χ4v) is 2.27. The molecule has 0 aromatic carbocycles. The number of carbonyl (C=O) groups is 2. The van der Waals surface area contributed by atoms with Gasteiger partial charge in [-0.2, -0.15) is 0 Å². The van der Waals surface area contributed by atoms with Crippen LogP contribution in [0.3, 0.4) is 0 Å². The van der Waals surface area contributed by atoms with Crippen LogP contribution < -0.4 is 5.32 Å². The van der Waals surface area contributed by atoms with E-state index in [9.17, 15) is 9.59 Å². The predicted octanol–water partition coefficient (Wildman–Crippen LogP) is -0.362. The van der Waals surface area contributed by atoms with Crippen LogP contribution in [0.15, 0.2) is 0 Å². The number of hydrogen-bond acceptors (Lipinski definition) is 3. The molecule has 2 aliphatic rings. The lowest BCUT2D eigenvalue weighted by molar-refractivity contribution is -0.140. The molecule has 0 bridgehead atoms. The van der Waals surface area contributed by atoms with Crippen molar-refractivity contribution in [2.75, 3.05) is 6.54 Å². The molecule has 3 atom stereocenters. The van der Waals surface area contributed by atoms with Gasteiger partial charge >= 0.3 is 5.97 Å². The zero-order valence-corrected chi connectivity index (χ0v) is 6.62. The Kier molecular flexibility index (Phi) is 1.65. The van der Waals surface area contributed by atoms with Crippen LogP contribution in [-0.4, -0.2) is 29.4 Å². The molecule has 2 fully saturated rings. The van der Waals surface area contributed by atoms with Crippen LogP contribution in [0.4, 0.5) is 0 Å². The zero-order valence-electron chi connectivity index (χ0n) is 6.62. The number of aliphatic carboxylic acids is 1. The minimum Gasteiger partial charge on any atom is -0.480 e. The molecule has 3 unspecified atom stereocenters. The van der Waals surface area contributed by atoms with Crippen molar-refractivity contribution in [1.29, 1.82) is 0 Å². The van der Waals surface area contributed by atoms with Gasteiger partial charge in [-0.1, -0.05) is 0 Å². The van der Waals surface area contributed by atoms with Crippen LogP contribution in [0, 0.1) is 11.8 Å². The van der Waals surface area contributed by atoms with Crippen LogP contribution >= 0.6 is 0 Å². The van der Waals surface area contributed by atoms with Crippen LogP contribution in [0.25, 0.3) is 0 Å². The molecule has 2 N–H and O–H groups in total. The molecule has 4 heteroatoms. The van der Waals surface area contributed by atoms with Crippen molar-refractivity contribution < 1.29 is 14.7 Å². The summed E-state index contributed by atoms with van der Waals surface area (Å²) in [5.41, 5.74) is 0. The van der Waals surface area contributed by atoms with Gasteiger partial charge in [0, 0.05) is 18.9 Å². The van der Waals surface area contributed by atoms with Crippen molar-refractivity contribution in [3.8, 4) is 0 Å². The summed E-state index contributed by atoms with van der Waals surface area (Å²) >= 11 is 0. The summed E-state index contributed by atoms with van der Waals surface area (Å²) in [5.74, 6) is -0.561. The van der Waals surface area contributed by atoms with Crippen molar-refractivity contribution >= 4 is 11.8 Å². The van der Waals surface area contributed by atoms with Crippen LogP contribution in [0.5, 0.6) is 0 Å². The third-order valence-electron chi connectivity index (χ3n) is 2.91. The van der Waals surface area contributed by atoms with E-state index < -0.39 is 12.0 Å². The minimum absolute atomic E-state index is 0.0221. The Bertz CT molecular complexity index is 238. The Labute approximate surface area is 69.9 Å². The number of fused-ring (bicyclic) bond motifs is 1. The molecule has 1 heterocycles. The van der Waals surface area contributed by atoms with Gasteiger partial charge in [-0.25, -0.2) is 0 Å². The number of rotatable bonds is 1. The van der Waals surface area contributed by atoms with Crippen LogP contribution in [-0.2, 0) is 9.59 Å². The first-order valence-electron chi connectivity index (χ1n) is 4.19. The van der Waals surface area contributed by atoms with Gasteiger partial charge in [0.1, 0.15) is 11.8 Å². The molecule has 66 valence electrons. The smallest absolute Gasteiger partial charge is 0.321 e. The van der Waals surface area contributed by atoms with E-state index >= 15 is 0 Å². The highest BCUT2D eigenvalue weighted by molar-refractivity contribution is 5.86. The molecular formula is C8H11NO3. The summed E-state index contributed by atoms with van der Waals surface area (Å²) < 4.78 is 0. The fraction of sp³-hybridized carbons (Fsp3) is 0.750. The number of nitrogens with one attached hydrogen (secondary N) is 1. The van der Waals surface area contributed by atoms with Crippen LogP contribution in [0.2, 0.25) is 0 Å². The lowest BCUT2D eigenvalue weighted by atomic mass is 9.94. The van der Waals surface area contributed by atoms with Gasteiger partial charge in [0.15, 0.2) is 0 Å². The molecule has 0 amide bonds. The van der Waals surface area contributed by atoms with Gasteiger partial charge in [-0.05, 0) is 12.3 Å². The molecule has 0 radical (unpaired) electrons. The number of ketones is 1. The quantitative estimate of drug-likeness (QED) is 0.562. The largest absolute Gasteiger partial charge is 0.480 e. The maximum atomic E-state index is 11.2. The number of Topliss-reactive ketones (excluding diaryl/α,β-unsaturated/α-hetero) is 1. The minimum atomic E-state index is -0.822. The number of carboxylic acid groups (broad SMARTS) is 1. The van der Waals surface area contributed by atoms with Crippen molar-refractivity contribution in [3.05, 3.63) is 0 Å². The molecule has 12 heavy (non-hydrogen) atoms. The summed E-state index contributed by atoms with van der Waals surface area (Å²) in [6, 6.07) is -0.485. The first-order chi connectivity index (χ1) is 5.70. The third-order valence-corrected chi connectivity index (χ3v) is 2.91. The van der Waals surface area contributed by atoms with E-state index in [1.54, 1.807) is 0 Å². The second kappa shape index (κ2) is 2.55. The summed E-state index contributed by atoms with van der Waals surface area (Å²) in [5, 5.41) is 11.6. The number of hydrogen-bond donors (Lipinski definition) is 2. The monoisotopic (exact) mass is 169 g/mol. The fourth-order valence-electron chi connectivity index (χ4n) is 2.27. The normalized spacial score (nSPS) is 40.0. The highest BCUT2D eigenvalue weighted by Gasteiger charge is 2.46. The average Bonchev–Trinajstić information content (AvgIpc) is 2.53. The zero-order chi connectivity index (χ0) is 8.72. The lowest BCUT2D eigenvalue weighted by Crippen LogP contribution is -2.35. The molecule has 2 rings (SSSR count). The summed E-state index contributed by atoms with van der Waals surface area (Å²) in [6.07, 6.45) is 1.31. The van der Waals surface area contributed by atoms with E-state index in [1.807, 2.05) is 0 Å². The molecule has 1 aliphatic heterocycles. The second-order valence-electron chi connectivity index (χ2n) is 3.50. The van der Waals surface area contributed by atoms with Crippen molar-refractivity contribution in [3.63, 3.8) is 0 Å². The van der Waals surface area contributed by atoms with E-state index in [4.69, 9.17) is 5.11 Å². The molecule has 1 aliphatic carbocycles. The van der Waals surface area contributed by atoms with E-state index in [-0.39, 0.29) is 17.6 Å². The van der Waals surface area contributed by atoms with E-state index in [1.165, 1.54) is 0 Å². The molecular weight excluding hydrogens is 158 g/mol. The first-order valence-corrected chi connectivity index (χ1v) is 4.19. The average molecular weight is 169 g/mol. The topological polar surface area (TPSA) is 66.4 Å². The van der Waals surface area contributed by atoms with Gasteiger partial charge in [-0.15, -0.1) is 0 Å². The third kappa shape index (κ3) is 0.948. The summed E-state index contributed by atoms with van der Waals surface area (Å²) in [4.78, 5) is 21.9. The van der Waals surface area contributed by atoms with Gasteiger partial charge < -0.3 is 10.4 Å². The lowest BCUT2D eigenvalue weighted by Gasteiger charge is -2.11. The molecule has 0 spiro atoms. The van der Waals surface area contributed by atoms with E-state index in [0.29, 0.717) is 13.0 Å². The Hall–Kier alpha value is -0.900. The van der Waals surface area contributed by atoms with E-state index in [2.05, 4.69) is 5.32 Å². The molecule has 4 nitrogen and oxygen atoms in total. The maximum Gasteiger partial charge on any atom is 0.321 e. The Morgan fingerprint density at radius 1 is 1.58 bits per heavy atom. The molecule has 0 aromatic heterocycles. The maximum absolute atomic E-state index is 11.2. The summed E-state index contributed by atoms with van der Waals surface area (Å²) in [7, 11) is 0. The van der Waals surface area contributed by atoms with Crippen molar-refractivity contribution in [1.82, 2.24) is 5.32 Å². The number of carbonyl (C=O) groups excluding carboxylic acids is 1. The SMILES string of the molecule is O=C1CCC2C1CNC2C(=O)O. The second-order valence-corrected chi connectivity index (χ2v) is 3.50. The van der Waals surface area contributed by atoms with E-state index in [0.717, 1.165) is 6.42 Å². The highest BCUT2D eigenvalue weighted by atomic mass is 16.4. The molecule has 0 aromatic rings. The van der Waals surface area contributed by atoms with Gasteiger partial charge in [0.25, 0.3) is 0 Å². The van der Waals surface area contributed by atoms with Crippen molar-refractivity contribution in [2.45, 2.75) is 18.9 Å². The van der Waals surface area contributed by atoms with Gasteiger partial charge in [0.05, 0.1) is 0 Å². The first kappa shape index (κ1) is 7.73. The Morgan fingerprint density at radius 2 is 2.33 bits per heavy atom. The van der Waals surface area contributed by atoms with Crippen LogP contribution in [0.1, 0.15) is 12.8 Å². The molecule has 1 saturated heterocycles. The Balaban J connectivity index is 2.15. The van der Waals surface area contributed by atoms with Gasteiger partial charge in [0.2, 0.25) is 0 Å². The van der Waals surface area contributed by atoms with Crippen molar-refractivity contribution in [2.24, 2.45) is 11.8 Å². The van der Waals surface area contributed by atoms with Gasteiger partial charge in [-0.3, -0.25) is 9.59 Å². The standard InChI is InChI=1S/C8H11NO3/c10-6-2-1-4-5(6)3-9-7(4)8(11)12/h4-5,7,9H,1-3H2,(H,11,12). The highest BCUT2D eigenvalue weighted by Crippen LogP contribution is 2.35. The molecule has 1 saturated carbocycles. The predicted molar refractivity (Wildman–Crippen MR) is 40.6 cm³/mol. The summed E-state index contributed by atoms with van der Waals surface area (Å²) in [6.45, 7) is 0.556.